The number of hydrogen-bond donors (Lipinski definition) is 3. The molecule has 0 spiro atoms. The van der Waals surface area contributed by atoms with Crippen LogP contribution in [-0.4, -0.2) is 58.7 Å². The molecule has 2 heterocycles. The van der Waals surface area contributed by atoms with Crippen molar-refractivity contribution in [3.63, 3.8) is 0 Å². The van der Waals surface area contributed by atoms with Gasteiger partial charge in [0.2, 0.25) is 0 Å². The van der Waals surface area contributed by atoms with Gasteiger partial charge in [-0.2, -0.15) is 5.10 Å². The van der Waals surface area contributed by atoms with Gasteiger partial charge in [-0.15, -0.1) is 24.0 Å². The summed E-state index contributed by atoms with van der Waals surface area (Å²) in [5.41, 5.74) is 0.0308. The highest BCUT2D eigenvalue weighted by atomic mass is 127. The average molecular weight is 464 g/mol. The molecule has 0 amide bonds. The van der Waals surface area contributed by atoms with E-state index < -0.39 is 0 Å². The van der Waals surface area contributed by atoms with Crippen LogP contribution in [0.4, 0.5) is 0 Å². The van der Waals surface area contributed by atoms with Crippen LogP contribution in [0.3, 0.4) is 0 Å². The molecule has 1 atom stereocenters. The third-order valence-electron chi connectivity index (χ3n) is 4.73. The number of fused-ring (bicyclic) bond motifs is 1. The lowest BCUT2D eigenvalue weighted by Gasteiger charge is -2.25. The molecule has 142 valence electrons. The third-order valence-corrected chi connectivity index (χ3v) is 4.73. The fraction of sp³-hybridized carbons (Fsp3) is 0.812. The van der Waals surface area contributed by atoms with Crippen LogP contribution in [0.2, 0.25) is 0 Å². The molecule has 25 heavy (non-hydrogen) atoms. The van der Waals surface area contributed by atoms with Crippen molar-refractivity contribution < 1.29 is 9.84 Å². The van der Waals surface area contributed by atoms with Crippen LogP contribution in [0.15, 0.2) is 4.99 Å². The quantitative estimate of drug-likeness (QED) is 0.312. The fourth-order valence-corrected chi connectivity index (χ4v) is 2.97. The van der Waals surface area contributed by atoms with Gasteiger partial charge in [-0.25, -0.2) is 9.67 Å². The van der Waals surface area contributed by atoms with Crippen LogP contribution >= 0.6 is 24.0 Å². The standard InChI is InChI=1S/C16H28N6O2.HI/c1-3-17-15(18-10-16(11-23)6-7-16)19-12-4-5-14-20-13(9-24-2)21-22(14)8-12;/h12,23H,3-11H2,1-2H3,(H2,17,18,19);1H. The molecule has 0 radical (unpaired) electrons. The lowest BCUT2D eigenvalue weighted by atomic mass is 10.1. The third kappa shape index (κ3) is 5.27. The molecule has 1 aliphatic heterocycles. The van der Waals surface area contributed by atoms with Gasteiger partial charge in [0.1, 0.15) is 12.4 Å². The Hall–Kier alpha value is -0.940. The zero-order chi connectivity index (χ0) is 17.0. The fourth-order valence-electron chi connectivity index (χ4n) is 2.97. The Kier molecular flexibility index (Phi) is 7.44. The van der Waals surface area contributed by atoms with Gasteiger partial charge in [-0.05, 0) is 26.2 Å². The summed E-state index contributed by atoms with van der Waals surface area (Å²) < 4.78 is 7.07. The number of aliphatic hydroxyl groups excluding tert-OH is 1. The summed E-state index contributed by atoms with van der Waals surface area (Å²) in [6.07, 6.45) is 4.04. The van der Waals surface area contributed by atoms with Crippen molar-refractivity contribution in [2.24, 2.45) is 10.4 Å². The molecule has 1 saturated carbocycles. The number of aromatic nitrogens is 3. The smallest absolute Gasteiger partial charge is 0.191 e. The number of ether oxygens (including phenoxy) is 1. The molecule has 1 aromatic heterocycles. The normalized spacial score (nSPS) is 21.2. The zero-order valence-electron chi connectivity index (χ0n) is 15.0. The van der Waals surface area contributed by atoms with Crippen molar-refractivity contribution >= 4 is 29.9 Å². The molecule has 2 aliphatic rings. The molecule has 0 saturated heterocycles. The number of nitrogens with one attached hydrogen (secondary N) is 2. The summed E-state index contributed by atoms with van der Waals surface area (Å²) in [5.74, 6) is 2.59. The molecular weight excluding hydrogens is 435 g/mol. The zero-order valence-corrected chi connectivity index (χ0v) is 17.3. The number of aryl methyl sites for hydroxylation is 1. The lowest BCUT2D eigenvalue weighted by molar-refractivity contribution is 0.177. The first-order valence-corrected chi connectivity index (χ1v) is 8.75. The Bertz CT molecular complexity index is 587. The van der Waals surface area contributed by atoms with Gasteiger partial charge in [0, 0.05) is 31.5 Å². The van der Waals surface area contributed by atoms with Crippen LogP contribution in [-0.2, 0) is 24.3 Å². The van der Waals surface area contributed by atoms with Gasteiger partial charge < -0.3 is 20.5 Å². The van der Waals surface area contributed by atoms with Crippen LogP contribution in [0, 0.1) is 5.41 Å². The largest absolute Gasteiger partial charge is 0.396 e. The number of guanidine groups is 1. The average Bonchev–Trinajstić information content (AvgIpc) is 3.26. The summed E-state index contributed by atoms with van der Waals surface area (Å²) in [6.45, 7) is 5.01. The summed E-state index contributed by atoms with van der Waals surface area (Å²) in [7, 11) is 1.66. The van der Waals surface area contributed by atoms with Gasteiger partial charge in [-0.1, -0.05) is 0 Å². The predicted molar refractivity (Wildman–Crippen MR) is 106 cm³/mol. The topological polar surface area (TPSA) is 96.6 Å². The lowest BCUT2D eigenvalue weighted by Crippen LogP contribution is -2.47. The van der Waals surface area contributed by atoms with Gasteiger partial charge in [0.05, 0.1) is 19.7 Å². The number of nitrogens with zero attached hydrogens (tertiary/aromatic N) is 4. The number of halogens is 1. The molecule has 3 rings (SSSR count). The Morgan fingerprint density at radius 3 is 2.92 bits per heavy atom. The maximum atomic E-state index is 9.44. The molecule has 1 aromatic rings. The van der Waals surface area contributed by atoms with Gasteiger partial charge in [-0.3, -0.25) is 4.99 Å². The number of aliphatic imine (C=N–C) groups is 1. The van der Waals surface area contributed by atoms with Gasteiger partial charge >= 0.3 is 0 Å². The van der Waals surface area contributed by atoms with Crippen molar-refractivity contribution in [3.05, 3.63) is 11.6 Å². The minimum Gasteiger partial charge on any atom is -0.396 e. The van der Waals surface area contributed by atoms with E-state index in [0.29, 0.717) is 13.2 Å². The predicted octanol–water partition coefficient (Wildman–Crippen LogP) is 0.685. The molecular formula is C16H29IN6O2. The Morgan fingerprint density at radius 1 is 1.48 bits per heavy atom. The first-order valence-electron chi connectivity index (χ1n) is 8.75. The van der Waals surface area contributed by atoms with E-state index in [1.165, 1.54) is 0 Å². The number of methoxy groups -OCH3 is 1. The van der Waals surface area contributed by atoms with Crippen molar-refractivity contribution in [2.45, 2.75) is 51.8 Å². The van der Waals surface area contributed by atoms with Crippen LogP contribution in [0.25, 0.3) is 0 Å². The highest BCUT2D eigenvalue weighted by Gasteiger charge is 2.41. The van der Waals surface area contributed by atoms with Crippen molar-refractivity contribution in [1.29, 1.82) is 0 Å². The highest BCUT2D eigenvalue weighted by molar-refractivity contribution is 14.0. The molecule has 8 nitrogen and oxygen atoms in total. The maximum Gasteiger partial charge on any atom is 0.191 e. The van der Waals surface area contributed by atoms with E-state index in [-0.39, 0.29) is 42.0 Å². The highest BCUT2D eigenvalue weighted by Crippen LogP contribution is 2.45. The summed E-state index contributed by atoms with van der Waals surface area (Å²) in [5, 5.41) is 20.7. The van der Waals surface area contributed by atoms with E-state index in [0.717, 1.165) is 56.4 Å². The summed E-state index contributed by atoms with van der Waals surface area (Å²) >= 11 is 0. The van der Waals surface area contributed by atoms with E-state index in [2.05, 4.69) is 32.6 Å². The minimum absolute atomic E-state index is 0. The first-order chi connectivity index (χ1) is 11.7. The van der Waals surface area contributed by atoms with Crippen LogP contribution in [0.1, 0.15) is 37.8 Å². The van der Waals surface area contributed by atoms with Crippen LogP contribution < -0.4 is 10.6 Å². The molecule has 1 unspecified atom stereocenters. The second-order valence-electron chi connectivity index (χ2n) is 6.79. The van der Waals surface area contributed by atoms with E-state index in [1.54, 1.807) is 7.11 Å². The number of aliphatic hydroxyl groups is 1. The molecule has 0 bridgehead atoms. The Morgan fingerprint density at radius 2 is 2.28 bits per heavy atom. The van der Waals surface area contributed by atoms with E-state index in [9.17, 15) is 5.11 Å². The summed E-state index contributed by atoms with van der Waals surface area (Å²) in [4.78, 5) is 9.18. The number of hydrogen-bond acceptors (Lipinski definition) is 5. The molecule has 3 N–H and O–H groups in total. The second kappa shape index (κ2) is 9.13. The molecule has 1 aliphatic carbocycles. The first kappa shape index (κ1) is 20.4. The molecule has 9 heteroatoms. The molecule has 0 aromatic carbocycles. The molecule has 1 fully saturated rings. The van der Waals surface area contributed by atoms with Crippen LogP contribution in [0.5, 0.6) is 0 Å². The number of rotatable bonds is 7. The second-order valence-corrected chi connectivity index (χ2v) is 6.79. The SMILES string of the molecule is CCNC(=NCC1(CO)CC1)NC1CCc2nc(COC)nn2C1.I. The van der Waals surface area contributed by atoms with E-state index in [1.807, 2.05) is 4.68 Å². The van der Waals surface area contributed by atoms with E-state index in [4.69, 9.17) is 4.74 Å². The van der Waals surface area contributed by atoms with Gasteiger partial charge in [0.15, 0.2) is 11.8 Å². The minimum atomic E-state index is 0. The van der Waals surface area contributed by atoms with E-state index >= 15 is 0 Å². The van der Waals surface area contributed by atoms with Crippen molar-refractivity contribution in [3.8, 4) is 0 Å². The Balaban J connectivity index is 0.00000225. The Labute approximate surface area is 165 Å². The maximum absolute atomic E-state index is 9.44. The van der Waals surface area contributed by atoms with Crippen molar-refractivity contribution in [2.75, 3.05) is 26.8 Å². The van der Waals surface area contributed by atoms with Crippen molar-refractivity contribution in [1.82, 2.24) is 25.4 Å². The monoisotopic (exact) mass is 464 g/mol. The van der Waals surface area contributed by atoms with Gasteiger partial charge in [0.25, 0.3) is 0 Å². The summed E-state index contributed by atoms with van der Waals surface area (Å²) in [6, 6.07) is 0.275.